The molecule has 5 heteroatoms. The van der Waals surface area contributed by atoms with Gasteiger partial charge in [-0.1, -0.05) is 194 Å². The minimum atomic E-state index is 0.233. The van der Waals surface area contributed by atoms with Crippen LogP contribution in [0.4, 0.5) is 0 Å². The zero-order valence-electron chi connectivity index (χ0n) is 35.6. The van der Waals surface area contributed by atoms with Crippen molar-refractivity contribution in [2.24, 2.45) is 0 Å². The molecule has 0 aliphatic carbocycles. The number of rotatable bonds is 39. The molecule has 0 aromatic heterocycles. The second-order valence-corrected chi connectivity index (χ2v) is 15.8. The summed E-state index contributed by atoms with van der Waals surface area (Å²) in [6.45, 7) is 9.24. The summed E-state index contributed by atoms with van der Waals surface area (Å²) in [5, 5.41) is 9.73. The molecule has 0 aliphatic rings. The highest BCUT2D eigenvalue weighted by Gasteiger charge is 2.17. The van der Waals surface area contributed by atoms with Crippen molar-refractivity contribution in [1.29, 1.82) is 0 Å². The summed E-state index contributed by atoms with van der Waals surface area (Å²) in [4.78, 5) is 0. The number of hydrogen-bond donors (Lipinski definition) is 1. The van der Waals surface area contributed by atoms with Crippen molar-refractivity contribution in [2.75, 3.05) is 19.8 Å². The van der Waals surface area contributed by atoms with Crippen LogP contribution in [0.1, 0.15) is 219 Å². The average Bonchev–Trinajstić information content (AvgIpc) is 3.18. The summed E-state index contributed by atoms with van der Waals surface area (Å²) in [7, 11) is 0. The summed E-state index contributed by atoms with van der Waals surface area (Å²) in [6.07, 6.45) is 39.0. The van der Waals surface area contributed by atoms with Crippen LogP contribution in [0.2, 0.25) is 0 Å². The quantitative estimate of drug-likeness (QED) is 0.0689. The molecule has 0 bridgehead atoms. The zero-order valence-corrected chi connectivity index (χ0v) is 35.6. The molecule has 1 N–H and O–H groups in total. The number of aromatic hydroxyl groups is 1. The Morgan fingerprint density at radius 2 is 0.685 bits per heavy atom. The maximum absolute atomic E-state index is 9.73. The van der Waals surface area contributed by atoms with E-state index >= 15 is 0 Å². The Morgan fingerprint density at radius 3 is 1.04 bits per heavy atom. The normalized spacial score (nSPS) is 11.2. The summed E-state index contributed by atoms with van der Waals surface area (Å²) in [6, 6.07) is 11.1. The van der Waals surface area contributed by atoms with Gasteiger partial charge in [-0.05, 0) is 61.2 Å². The molecular formula is C49H84O5. The molecule has 0 radical (unpaired) electrons. The molecule has 5 nitrogen and oxygen atoms in total. The lowest BCUT2D eigenvalue weighted by atomic mass is 10.1. The molecule has 0 saturated carbocycles. The van der Waals surface area contributed by atoms with Crippen molar-refractivity contribution in [1.82, 2.24) is 0 Å². The van der Waals surface area contributed by atoms with Crippen LogP contribution < -0.4 is 18.9 Å². The van der Waals surface area contributed by atoms with E-state index in [2.05, 4.69) is 32.9 Å². The van der Waals surface area contributed by atoms with Crippen molar-refractivity contribution < 1.29 is 24.1 Å². The number of benzene rings is 2. The van der Waals surface area contributed by atoms with Gasteiger partial charge in [0, 0.05) is 0 Å². The van der Waals surface area contributed by atoms with Crippen molar-refractivity contribution in [3.05, 3.63) is 42.0 Å². The molecule has 0 fully saturated rings. The monoisotopic (exact) mass is 753 g/mol. The maximum atomic E-state index is 9.73. The van der Waals surface area contributed by atoms with E-state index < -0.39 is 0 Å². The first-order valence-corrected chi connectivity index (χ1v) is 23.1. The van der Waals surface area contributed by atoms with Crippen LogP contribution in [0.25, 0.3) is 0 Å². The summed E-state index contributed by atoms with van der Waals surface area (Å²) < 4.78 is 25.7. The predicted molar refractivity (Wildman–Crippen MR) is 231 cm³/mol. The Hall–Kier alpha value is -2.56. The molecule has 310 valence electrons. The maximum Gasteiger partial charge on any atom is 0.203 e. The van der Waals surface area contributed by atoms with E-state index in [4.69, 9.17) is 18.9 Å². The van der Waals surface area contributed by atoms with Gasteiger partial charge in [0.1, 0.15) is 18.1 Å². The van der Waals surface area contributed by atoms with Crippen LogP contribution >= 0.6 is 0 Å². The Morgan fingerprint density at radius 1 is 0.370 bits per heavy atom. The minimum absolute atomic E-state index is 0.233. The zero-order chi connectivity index (χ0) is 38.6. The highest BCUT2D eigenvalue weighted by atomic mass is 16.5. The number of unbranched alkanes of at least 4 members (excludes halogenated alkanes) is 27. The molecule has 54 heavy (non-hydrogen) atoms. The second-order valence-electron chi connectivity index (χ2n) is 15.8. The van der Waals surface area contributed by atoms with Gasteiger partial charge in [-0.15, -0.1) is 0 Å². The molecule has 2 aromatic rings. The van der Waals surface area contributed by atoms with E-state index in [0.717, 1.165) is 47.8 Å². The Kier molecular flexibility index (Phi) is 30.8. The van der Waals surface area contributed by atoms with Gasteiger partial charge in [-0.3, -0.25) is 0 Å². The van der Waals surface area contributed by atoms with Crippen LogP contribution in [-0.4, -0.2) is 24.9 Å². The van der Waals surface area contributed by atoms with E-state index in [-0.39, 0.29) is 5.75 Å². The third kappa shape index (κ3) is 25.5. The minimum Gasteiger partial charge on any atom is -0.508 e. The fourth-order valence-corrected chi connectivity index (χ4v) is 7.09. The first-order chi connectivity index (χ1) is 26.7. The van der Waals surface area contributed by atoms with E-state index in [1.165, 1.54) is 173 Å². The second kappa shape index (κ2) is 34.9. The van der Waals surface area contributed by atoms with Crippen LogP contribution in [0.15, 0.2) is 36.4 Å². The molecule has 2 aromatic carbocycles. The molecule has 2 rings (SSSR count). The number of phenols is 1. The highest BCUT2D eigenvalue weighted by Crippen LogP contribution is 2.40. The number of ether oxygens (including phenoxy) is 4. The van der Waals surface area contributed by atoms with Crippen LogP contribution in [0, 0.1) is 0 Å². The molecule has 0 aliphatic heterocycles. The third-order valence-corrected chi connectivity index (χ3v) is 10.6. The summed E-state index contributed by atoms with van der Waals surface area (Å²) in [5.74, 6) is 3.23. The predicted octanol–water partition coefficient (Wildman–Crippen LogP) is 15.9. The Balaban J connectivity index is 1.99. The molecule has 0 saturated heterocycles. The fraction of sp³-hybridized carbons (Fsp3) is 0.755. The topological polar surface area (TPSA) is 57.2 Å². The molecule has 0 spiro atoms. The lowest BCUT2D eigenvalue weighted by Gasteiger charge is -2.19. The van der Waals surface area contributed by atoms with Gasteiger partial charge in [0.25, 0.3) is 0 Å². The fourth-order valence-electron chi connectivity index (χ4n) is 7.09. The van der Waals surface area contributed by atoms with E-state index in [1.54, 1.807) is 24.3 Å². The van der Waals surface area contributed by atoms with Gasteiger partial charge in [0.05, 0.1) is 19.8 Å². The standard InChI is InChI=1S/C49H84O5/c1-4-7-10-13-16-19-22-25-28-31-38-51-47-41-44(43-54-46-36-34-45(50)35-37-46)42-48(52-39-32-29-26-23-20-17-14-11-8-5-2)49(47)53-40-33-30-27-24-21-18-15-12-9-6-3/h34-37,41-42,50H,4-33,38-40,43H2,1-3H3. The van der Waals surface area contributed by atoms with Gasteiger partial charge < -0.3 is 24.1 Å². The molecule has 0 heterocycles. The Labute approximate surface area is 333 Å². The number of phenolic OH excluding ortho intramolecular Hbond substituents is 1. The van der Waals surface area contributed by atoms with Crippen molar-refractivity contribution >= 4 is 0 Å². The third-order valence-electron chi connectivity index (χ3n) is 10.6. The summed E-state index contributed by atoms with van der Waals surface area (Å²) >= 11 is 0. The first kappa shape index (κ1) is 47.6. The molecule has 0 atom stereocenters. The van der Waals surface area contributed by atoms with E-state index in [9.17, 15) is 5.11 Å². The van der Waals surface area contributed by atoms with Crippen molar-refractivity contribution in [3.8, 4) is 28.7 Å². The van der Waals surface area contributed by atoms with E-state index in [1.807, 2.05) is 0 Å². The summed E-state index contributed by atoms with van der Waals surface area (Å²) in [5.41, 5.74) is 0.991. The van der Waals surface area contributed by atoms with Crippen LogP contribution in [0.3, 0.4) is 0 Å². The average molecular weight is 753 g/mol. The molecular weight excluding hydrogens is 669 g/mol. The van der Waals surface area contributed by atoms with Crippen molar-refractivity contribution in [3.63, 3.8) is 0 Å². The van der Waals surface area contributed by atoms with Crippen molar-refractivity contribution in [2.45, 2.75) is 220 Å². The Bertz CT molecular complexity index is 1050. The molecule has 0 amide bonds. The van der Waals surface area contributed by atoms with Crippen LogP contribution in [-0.2, 0) is 6.61 Å². The van der Waals surface area contributed by atoms with Gasteiger partial charge in [-0.25, -0.2) is 0 Å². The lowest BCUT2D eigenvalue weighted by molar-refractivity contribution is 0.232. The highest BCUT2D eigenvalue weighted by molar-refractivity contribution is 5.54. The first-order valence-electron chi connectivity index (χ1n) is 23.1. The lowest BCUT2D eigenvalue weighted by Crippen LogP contribution is -2.08. The van der Waals surface area contributed by atoms with E-state index in [0.29, 0.717) is 26.4 Å². The van der Waals surface area contributed by atoms with Gasteiger partial charge >= 0.3 is 0 Å². The number of hydrogen-bond acceptors (Lipinski definition) is 5. The van der Waals surface area contributed by atoms with Crippen LogP contribution in [0.5, 0.6) is 28.7 Å². The largest absolute Gasteiger partial charge is 0.508 e. The van der Waals surface area contributed by atoms with Gasteiger partial charge in [-0.2, -0.15) is 0 Å². The van der Waals surface area contributed by atoms with Gasteiger partial charge in [0.15, 0.2) is 11.5 Å². The smallest absolute Gasteiger partial charge is 0.203 e. The molecule has 0 unspecified atom stereocenters. The van der Waals surface area contributed by atoms with Gasteiger partial charge in [0.2, 0.25) is 5.75 Å². The SMILES string of the molecule is CCCCCCCCCCCCOc1cc(COc2ccc(O)cc2)cc(OCCCCCCCCCCCC)c1OCCCCCCCCCCCC.